The van der Waals surface area contributed by atoms with Gasteiger partial charge >= 0.3 is 0 Å². The molecule has 1 saturated heterocycles. The Morgan fingerprint density at radius 1 is 1.45 bits per heavy atom. The highest BCUT2D eigenvalue weighted by Crippen LogP contribution is 2.25. The van der Waals surface area contributed by atoms with E-state index in [4.69, 9.17) is 4.74 Å². The van der Waals surface area contributed by atoms with Gasteiger partial charge in [0.05, 0.1) is 19.3 Å². The van der Waals surface area contributed by atoms with Gasteiger partial charge in [0.2, 0.25) is 5.91 Å². The Balaban J connectivity index is 1.78. The summed E-state index contributed by atoms with van der Waals surface area (Å²) in [6.45, 7) is 2.33. The number of nitrogens with one attached hydrogen (secondary N) is 1. The molecule has 5 nitrogen and oxygen atoms in total. The van der Waals surface area contributed by atoms with Crippen LogP contribution in [0.5, 0.6) is 0 Å². The monoisotopic (exact) mass is 276 g/mol. The Kier molecular flexibility index (Phi) is 4.00. The zero-order valence-corrected chi connectivity index (χ0v) is 11.4. The van der Waals surface area contributed by atoms with Crippen molar-refractivity contribution in [2.24, 2.45) is 0 Å². The first kappa shape index (κ1) is 13.5. The maximum Gasteiger partial charge on any atom is 0.244 e. The first-order valence-electron chi connectivity index (χ1n) is 7.12. The molecule has 2 aliphatic heterocycles. The van der Waals surface area contributed by atoms with Crippen LogP contribution in [-0.4, -0.2) is 54.9 Å². The van der Waals surface area contributed by atoms with E-state index < -0.39 is 0 Å². The summed E-state index contributed by atoms with van der Waals surface area (Å²) in [4.78, 5) is 14.5. The largest absolute Gasteiger partial charge is 0.394 e. The first-order valence-corrected chi connectivity index (χ1v) is 7.12. The number of hydrogen-bond donors (Lipinski definition) is 2. The molecule has 0 bridgehead atoms. The highest BCUT2D eigenvalue weighted by atomic mass is 16.5. The molecule has 1 fully saturated rings. The fraction of sp³-hybridized carbons (Fsp3) is 0.533. The average molecular weight is 276 g/mol. The van der Waals surface area contributed by atoms with Crippen LogP contribution in [0.4, 0.5) is 0 Å². The Bertz CT molecular complexity index is 492. The molecule has 0 aliphatic carbocycles. The van der Waals surface area contributed by atoms with E-state index in [9.17, 15) is 9.90 Å². The minimum absolute atomic E-state index is 0.0432. The first-order chi connectivity index (χ1) is 9.79. The molecule has 0 spiro atoms. The summed E-state index contributed by atoms with van der Waals surface area (Å²) in [5.74, 6) is 0.0823. The summed E-state index contributed by atoms with van der Waals surface area (Å²) in [7, 11) is 0. The normalized spacial score (nSPS) is 26.1. The number of rotatable bonds is 2. The van der Waals surface area contributed by atoms with Crippen molar-refractivity contribution in [3.8, 4) is 0 Å². The number of morpholine rings is 1. The molecule has 3 rings (SSSR count). The van der Waals surface area contributed by atoms with Crippen molar-refractivity contribution in [3.63, 3.8) is 0 Å². The van der Waals surface area contributed by atoms with Crippen molar-refractivity contribution in [1.82, 2.24) is 10.2 Å². The third-order valence-corrected chi connectivity index (χ3v) is 4.01. The topological polar surface area (TPSA) is 61.8 Å². The number of nitrogens with zero attached hydrogens (tertiary/aromatic N) is 1. The lowest BCUT2D eigenvalue weighted by atomic mass is 9.93. The van der Waals surface area contributed by atoms with E-state index in [1.807, 2.05) is 18.2 Å². The second kappa shape index (κ2) is 5.91. The standard InChI is InChI=1S/C15H20N2O3/c18-10-12-9-17(7-8-20-12)15(19)14-13-4-2-1-3-11(13)5-6-16-14/h1-4,12,14,16,18H,5-10H2. The lowest BCUT2D eigenvalue weighted by molar-refractivity contribution is -0.142. The third kappa shape index (κ3) is 2.57. The summed E-state index contributed by atoms with van der Waals surface area (Å²) in [6.07, 6.45) is 0.703. The Morgan fingerprint density at radius 2 is 2.30 bits per heavy atom. The molecule has 2 N–H and O–H groups in total. The van der Waals surface area contributed by atoms with E-state index in [0.29, 0.717) is 19.7 Å². The maximum atomic E-state index is 12.7. The van der Waals surface area contributed by atoms with Gasteiger partial charge in [0.15, 0.2) is 0 Å². The van der Waals surface area contributed by atoms with Crippen LogP contribution in [0.1, 0.15) is 17.2 Å². The fourth-order valence-corrected chi connectivity index (χ4v) is 2.94. The molecule has 1 aromatic rings. The summed E-state index contributed by atoms with van der Waals surface area (Å²) in [6, 6.07) is 7.84. The van der Waals surface area contributed by atoms with Crippen molar-refractivity contribution in [1.29, 1.82) is 0 Å². The van der Waals surface area contributed by atoms with Gasteiger partial charge in [-0.2, -0.15) is 0 Å². The number of fused-ring (bicyclic) bond motifs is 1. The van der Waals surface area contributed by atoms with Gasteiger partial charge in [-0.3, -0.25) is 4.79 Å². The van der Waals surface area contributed by atoms with Gasteiger partial charge in [-0.1, -0.05) is 24.3 Å². The van der Waals surface area contributed by atoms with Crippen LogP contribution in [0, 0.1) is 0 Å². The van der Waals surface area contributed by atoms with E-state index in [1.165, 1.54) is 5.56 Å². The highest BCUT2D eigenvalue weighted by Gasteiger charge is 2.32. The van der Waals surface area contributed by atoms with E-state index in [-0.39, 0.29) is 24.7 Å². The quantitative estimate of drug-likeness (QED) is 0.804. The fourth-order valence-electron chi connectivity index (χ4n) is 2.94. The molecule has 0 radical (unpaired) electrons. The number of carbonyl (C=O) groups excluding carboxylic acids is 1. The molecule has 0 saturated carbocycles. The molecule has 5 heteroatoms. The smallest absolute Gasteiger partial charge is 0.244 e. The van der Waals surface area contributed by atoms with E-state index in [2.05, 4.69) is 11.4 Å². The Morgan fingerprint density at radius 3 is 3.15 bits per heavy atom. The summed E-state index contributed by atoms with van der Waals surface area (Å²) in [5, 5.41) is 12.5. The van der Waals surface area contributed by atoms with Crippen molar-refractivity contribution in [3.05, 3.63) is 35.4 Å². The molecule has 2 unspecified atom stereocenters. The van der Waals surface area contributed by atoms with Crippen molar-refractivity contribution in [2.75, 3.05) is 32.8 Å². The van der Waals surface area contributed by atoms with Gasteiger partial charge in [-0.05, 0) is 17.5 Å². The number of benzene rings is 1. The van der Waals surface area contributed by atoms with Crippen LogP contribution in [0.15, 0.2) is 24.3 Å². The number of aliphatic hydroxyl groups excluding tert-OH is 1. The predicted molar refractivity (Wildman–Crippen MR) is 74.3 cm³/mol. The summed E-state index contributed by atoms with van der Waals surface area (Å²) in [5.41, 5.74) is 2.33. The summed E-state index contributed by atoms with van der Waals surface area (Å²) < 4.78 is 5.40. The number of hydrogen-bond acceptors (Lipinski definition) is 4. The van der Waals surface area contributed by atoms with Crippen molar-refractivity contribution in [2.45, 2.75) is 18.6 Å². The number of ether oxygens (including phenoxy) is 1. The van der Waals surface area contributed by atoms with Crippen molar-refractivity contribution >= 4 is 5.91 Å². The lowest BCUT2D eigenvalue weighted by Crippen LogP contribution is -2.51. The average Bonchev–Trinajstić information content (AvgIpc) is 2.53. The molecule has 1 amide bonds. The van der Waals surface area contributed by atoms with Crippen molar-refractivity contribution < 1.29 is 14.6 Å². The van der Waals surface area contributed by atoms with Crippen LogP contribution in [0.2, 0.25) is 0 Å². The maximum absolute atomic E-state index is 12.7. The molecule has 108 valence electrons. The van der Waals surface area contributed by atoms with Gasteiger partial charge < -0.3 is 20.1 Å². The van der Waals surface area contributed by atoms with Crippen LogP contribution in [-0.2, 0) is 16.0 Å². The zero-order chi connectivity index (χ0) is 13.9. The number of amides is 1. The number of carbonyl (C=O) groups is 1. The van der Waals surface area contributed by atoms with E-state index in [0.717, 1.165) is 18.5 Å². The minimum Gasteiger partial charge on any atom is -0.394 e. The van der Waals surface area contributed by atoms with Crippen LogP contribution >= 0.6 is 0 Å². The zero-order valence-electron chi connectivity index (χ0n) is 11.4. The van der Waals surface area contributed by atoms with Gasteiger partial charge in [-0.15, -0.1) is 0 Å². The Hall–Kier alpha value is -1.43. The molecule has 1 aromatic carbocycles. The third-order valence-electron chi connectivity index (χ3n) is 4.01. The highest BCUT2D eigenvalue weighted by molar-refractivity contribution is 5.84. The van der Waals surface area contributed by atoms with Gasteiger partial charge in [0.1, 0.15) is 6.04 Å². The van der Waals surface area contributed by atoms with Gasteiger partial charge in [0, 0.05) is 19.6 Å². The molecule has 2 atom stereocenters. The van der Waals surface area contributed by atoms with Crippen LogP contribution in [0.25, 0.3) is 0 Å². The second-order valence-corrected chi connectivity index (χ2v) is 5.30. The molecule has 0 aromatic heterocycles. The predicted octanol–water partition coefficient (Wildman–Crippen LogP) is 0.0931. The summed E-state index contributed by atoms with van der Waals surface area (Å²) >= 11 is 0. The minimum atomic E-state index is -0.266. The lowest BCUT2D eigenvalue weighted by Gasteiger charge is -2.36. The molecule has 2 heterocycles. The van der Waals surface area contributed by atoms with Crippen LogP contribution < -0.4 is 5.32 Å². The van der Waals surface area contributed by atoms with Crippen LogP contribution in [0.3, 0.4) is 0 Å². The molecular weight excluding hydrogens is 256 g/mol. The van der Waals surface area contributed by atoms with Gasteiger partial charge in [-0.25, -0.2) is 0 Å². The molecular formula is C15H20N2O3. The van der Waals surface area contributed by atoms with E-state index >= 15 is 0 Å². The van der Waals surface area contributed by atoms with E-state index in [1.54, 1.807) is 4.90 Å². The Labute approximate surface area is 118 Å². The van der Waals surface area contributed by atoms with Gasteiger partial charge in [0.25, 0.3) is 0 Å². The molecule has 2 aliphatic rings. The molecule has 20 heavy (non-hydrogen) atoms. The second-order valence-electron chi connectivity index (χ2n) is 5.30. The number of aliphatic hydroxyl groups is 1. The SMILES string of the molecule is O=C(C1NCCc2ccccc21)N1CCOC(CO)C1.